The van der Waals surface area contributed by atoms with Crippen molar-refractivity contribution in [2.24, 2.45) is 5.41 Å². The molecule has 0 fully saturated rings. The molecule has 1 aromatic carbocycles. The minimum Gasteiger partial charge on any atom is -0.326 e. The zero-order chi connectivity index (χ0) is 14.8. The highest BCUT2D eigenvalue weighted by Gasteiger charge is 2.21. The molecular weight excluding hydrogens is 264 g/mol. The van der Waals surface area contributed by atoms with Crippen LogP contribution < -0.4 is 9.62 Å². The van der Waals surface area contributed by atoms with Gasteiger partial charge in [-0.3, -0.25) is 9.10 Å². The number of anilines is 2. The van der Waals surface area contributed by atoms with Gasteiger partial charge in [-0.05, 0) is 18.2 Å². The van der Waals surface area contributed by atoms with E-state index in [9.17, 15) is 13.2 Å². The lowest BCUT2D eigenvalue weighted by Gasteiger charge is -2.20. The van der Waals surface area contributed by atoms with Gasteiger partial charge in [0.05, 0.1) is 11.9 Å². The van der Waals surface area contributed by atoms with Crippen molar-refractivity contribution < 1.29 is 13.2 Å². The lowest BCUT2D eigenvalue weighted by Crippen LogP contribution is -2.28. The van der Waals surface area contributed by atoms with Crippen molar-refractivity contribution in [1.82, 2.24) is 0 Å². The first-order valence-corrected chi connectivity index (χ1v) is 7.72. The van der Waals surface area contributed by atoms with Crippen LogP contribution in [0.15, 0.2) is 24.3 Å². The summed E-state index contributed by atoms with van der Waals surface area (Å²) in [4.78, 5) is 11.9. The molecule has 0 spiro atoms. The quantitative estimate of drug-likeness (QED) is 0.924. The summed E-state index contributed by atoms with van der Waals surface area (Å²) in [5.41, 5.74) is 0.584. The number of carbonyl (C=O) groups excluding carboxylic acids is 1. The Morgan fingerprint density at radius 2 is 1.84 bits per heavy atom. The highest BCUT2D eigenvalue weighted by Crippen LogP contribution is 2.22. The van der Waals surface area contributed by atoms with Gasteiger partial charge in [-0.1, -0.05) is 26.8 Å². The van der Waals surface area contributed by atoms with Crippen molar-refractivity contribution in [3.63, 3.8) is 0 Å². The van der Waals surface area contributed by atoms with E-state index >= 15 is 0 Å². The van der Waals surface area contributed by atoms with E-state index in [-0.39, 0.29) is 5.91 Å². The molecule has 6 heteroatoms. The van der Waals surface area contributed by atoms with Crippen LogP contribution in [0.3, 0.4) is 0 Å². The molecule has 0 saturated heterocycles. The molecule has 106 valence electrons. The average Bonchev–Trinajstić information content (AvgIpc) is 2.26. The topological polar surface area (TPSA) is 66.5 Å². The van der Waals surface area contributed by atoms with Crippen LogP contribution in [0.25, 0.3) is 0 Å². The second kappa shape index (κ2) is 5.21. The Labute approximate surface area is 114 Å². The lowest BCUT2D eigenvalue weighted by atomic mass is 9.95. The van der Waals surface area contributed by atoms with E-state index in [0.29, 0.717) is 11.4 Å². The second-order valence-corrected chi connectivity index (χ2v) is 7.50. The van der Waals surface area contributed by atoms with Crippen molar-refractivity contribution in [2.75, 3.05) is 22.9 Å². The molecule has 0 unspecified atom stereocenters. The van der Waals surface area contributed by atoms with Gasteiger partial charge in [0.25, 0.3) is 0 Å². The zero-order valence-corrected chi connectivity index (χ0v) is 12.7. The van der Waals surface area contributed by atoms with Crippen molar-refractivity contribution in [3.05, 3.63) is 24.3 Å². The first-order chi connectivity index (χ1) is 8.51. The maximum Gasteiger partial charge on any atom is 0.231 e. The normalized spacial score (nSPS) is 12.1. The van der Waals surface area contributed by atoms with E-state index in [4.69, 9.17) is 0 Å². The summed E-state index contributed by atoms with van der Waals surface area (Å²) in [6.45, 7) is 5.44. The molecular formula is C13H20N2O3S. The Balaban J connectivity index is 2.99. The monoisotopic (exact) mass is 284 g/mol. The molecule has 0 bridgehead atoms. The van der Waals surface area contributed by atoms with Gasteiger partial charge in [0.2, 0.25) is 15.9 Å². The first-order valence-electron chi connectivity index (χ1n) is 5.87. The fraction of sp³-hybridized carbons (Fsp3) is 0.462. The minimum atomic E-state index is -3.31. The standard InChI is InChI=1S/C13H20N2O3S/c1-13(2,3)12(16)14-10-7-6-8-11(9-10)15(4)19(5,17)18/h6-9H,1-5H3,(H,14,16). The van der Waals surface area contributed by atoms with Gasteiger partial charge in [-0.25, -0.2) is 8.42 Å². The van der Waals surface area contributed by atoms with Gasteiger partial charge < -0.3 is 5.32 Å². The second-order valence-electron chi connectivity index (χ2n) is 5.48. The third-order valence-corrected chi connectivity index (χ3v) is 3.85. The number of hydrogen-bond acceptors (Lipinski definition) is 3. The van der Waals surface area contributed by atoms with Crippen molar-refractivity contribution in [3.8, 4) is 0 Å². The molecule has 0 aliphatic carbocycles. The summed E-state index contributed by atoms with van der Waals surface area (Å²) in [5, 5.41) is 2.77. The van der Waals surface area contributed by atoms with E-state index in [0.717, 1.165) is 6.26 Å². The molecule has 5 nitrogen and oxygen atoms in total. The summed E-state index contributed by atoms with van der Waals surface area (Å²) in [6.07, 6.45) is 1.13. The number of benzene rings is 1. The number of rotatable bonds is 3. The molecule has 0 aliphatic rings. The smallest absolute Gasteiger partial charge is 0.231 e. The zero-order valence-electron chi connectivity index (χ0n) is 11.9. The van der Waals surface area contributed by atoms with Gasteiger partial charge in [0, 0.05) is 18.2 Å². The highest BCUT2D eigenvalue weighted by molar-refractivity contribution is 7.92. The van der Waals surface area contributed by atoms with E-state index in [1.807, 2.05) is 20.8 Å². The van der Waals surface area contributed by atoms with Crippen LogP contribution >= 0.6 is 0 Å². The Bertz CT molecular complexity index is 574. The van der Waals surface area contributed by atoms with E-state index in [1.165, 1.54) is 11.4 Å². The van der Waals surface area contributed by atoms with Gasteiger partial charge in [-0.15, -0.1) is 0 Å². The first kappa shape index (κ1) is 15.5. The summed E-state index contributed by atoms with van der Waals surface area (Å²) in [6, 6.07) is 6.73. The molecule has 0 aromatic heterocycles. The van der Waals surface area contributed by atoms with Crippen molar-refractivity contribution >= 4 is 27.3 Å². The molecule has 0 heterocycles. The summed E-state index contributed by atoms with van der Waals surface area (Å²) >= 11 is 0. The predicted octanol–water partition coefficient (Wildman–Crippen LogP) is 2.07. The number of nitrogens with one attached hydrogen (secondary N) is 1. The van der Waals surface area contributed by atoms with Crippen LogP contribution in [-0.4, -0.2) is 27.6 Å². The Morgan fingerprint density at radius 3 is 2.32 bits per heavy atom. The summed E-state index contributed by atoms with van der Waals surface area (Å²) in [5.74, 6) is -0.119. The number of sulfonamides is 1. The van der Waals surface area contributed by atoms with E-state index in [2.05, 4.69) is 5.32 Å². The van der Waals surface area contributed by atoms with E-state index < -0.39 is 15.4 Å². The summed E-state index contributed by atoms with van der Waals surface area (Å²) in [7, 11) is -1.84. The van der Waals surface area contributed by atoms with Gasteiger partial charge in [0.1, 0.15) is 0 Å². The van der Waals surface area contributed by atoms with Gasteiger partial charge >= 0.3 is 0 Å². The molecule has 0 atom stereocenters. The summed E-state index contributed by atoms with van der Waals surface area (Å²) < 4.78 is 24.1. The minimum absolute atomic E-state index is 0.119. The van der Waals surface area contributed by atoms with Crippen LogP contribution in [-0.2, 0) is 14.8 Å². The average molecular weight is 284 g/mol. The number of amides is 1. The van der Waals surface area contributed by atoms with Crippen LogP contribution in [0.5, 0.6) is 0 Å². The van der Waals surface area contributed by atoms with Crippen molar-refractivity contribution in [1.29, 1.82) is 0 Å². The van der Waals surface area contributed by atoms with Crippen LogP contribution in [0.1, 0.15) is 20.8 Å². The van der Waals surface area contributed by atoms with Crippen LogP contribution in [0.4, 0.5) is 11.4 Å². The van der Waals surface area contributed by atoms with Gasteiger partial charge in [-0.2, -0.15) is 0 Å². The molecule has 0 radical (unpaired) electrons. The van der Waals surface area contributed by atoms with Crippen LogP contribution in [0.2, 0.25) is 0 Å². The molecule has 1 rings (SSSR count). The fourth-order valence-corrected chi connectivity index (χ4v) is 1.79. The SMILES string of the molecule is CN(c1cccc(NC(=O)C(C)(C)C)c1)S(C)(=O)=O. The Kier molecular flexibility index (Phi) is 4.25. The maximum atomic E-state index is 11.9. The predicted molar refractivity (Wildman–Crippen MR) is 77.8 cm³/mol. The van der Waals surface area contributed by atoms with Crippen molar-refractivity contribution in [2.45, 2.75) is 20.8 Å². The number of hydrogen-bond donors (Lipinski definition) is 1. The molecule has 1 N–H and O–H groups in total. The lowest BCUT2D eigenvalue weighted by molar-refractivity contribution is -0.123. The molecule has 1 amide bonds. The number of carbonyl (C=O) groups is 1. The van der Waals surface area contributed by atoms with Crippen LogP contribution in [0, 0.1) is 5.41 Å². The highest BCUT2D eigenvalue weighted by atomic mass is 32.2. The Morgan fingerprint density at radius 1 is 1.26 bits per heavy atom. The Hall–Kier alpha value is -1.56. The third kappa shape index (κ3) is 4.24. The van der Waals surface area contributed by atoms with Gasteiger partial charge in [0.15, 0.2) is 0 Å². The molecule has 0 saturated carbocycles. The third-order valence-electron chi connectivity index (χ3n) is 2.65. The largest absolute Gasteiger partial charge is 0.326 e. The van der Waals surface area contributed by atoms with E-state index in [1.54, 1.807) is 24.3 Å². The number of nitrogens with zero attached hydrogens (tertiary/aromatic N) is 1. The molecule has 19 heavy (non-hydrogen) atoms. The maximum absolute atomic E-state index is 11.9. The molecule has 1 aromatic rings. The molecule has 0 aliphatic heterocycles. The fourth-order valence-electron chi connectivity index (χ4n) is 1.29.